The minimum atomic E-state index is -5.08. The first-order chi connectivity index (χ1) is 34.2. The topological polar surface area (TPSA) is 209 Å². The summed E-state index contributed by atoms with van der Waals surface area (Å²) in [4.78, 5) is 78.4. The third-order valence-corrected chi connectivity index (χ3v) is 14.9. The number of piperidine rings is 1. The predicted octanol–water partition coefficient (Wildman–Crippen LogP) is 5.96. The van der Waals surface area contributed by atoms with Crippen molar-refractivity contribution in [2.75, 3.05) is 44.2 Å². The molecule has 1 atom stereocenters. The number of rotatable bonds is 11. The number of phenols is 1. The second kappa shape index (κ2) is 19.4. The second-order valence-electron chi connectivity index (χ2n) is 19.2. The van der Waals surface area contributed by atoms with Gasteiger partial charge in [-0.3, -0.25) is 33.7 Å². The lowest BCUT2D eigenvalue weighted by atomic mass is 9.53. The number of pyridine rings is 1. The Labute approximate surface area is 406 Å². The van der Waals surface area contributed by atoms with Crippen LogP contribution in [0.1, 0.15) is 85.4 Å². The van der Waals surface area contributed by atoms with Crippen LogP contribution in [0.4, 0.5) is 32.0 Å². The molecule has 0 spiro atoms. The van der Waals surface area contributed by atoms with Gasteiger partial charge in [0.2, 0.25) is 17.6 Å². The van der Waals surface area contributed by atoms with Gasteiger partial charge in [-0.1, -0.05) is 6.07 Å². The minimum Gasteiger partial charge on any atom is -0.503 e. The standard InChI is InChI=1S/C47H49F3N10O5.C2HF3O2/c1-56-35-21-28(4-5-33(35)60(45(56)65)34-6-7-38(61)55-44(34)64)3-2-15-57-17-19-58(20-18-57)30-24-51-42(52-25-30)29-8-16-59-26-36(54-37(59)22-29)47-12-9-46(10-13-47,11-14-47)27-53-43(63)31-23-32(48)41(62)40(50)39(31)49;3-2(4,5)1(6)7/h4-5,8,16,21-26,34,62H,2-3,6-7,9-15,17-20,27H2,1H3,(H,53,63)(H,55,61,64);(H,6,7)/t34-,46?,47?;/m1./s1. The van der Waals surface area contributed by atoms with E-state index < -0.39 is 58.8 Å². The zero-order valence-corrected chi connectivity index (χ0v) is 38.9. The molecule has 4 aromatic heterocycles. The summed E-state index contributed by atoms with van der Waals surface area (Å²) in [6, 6.07) is 9.77. The Morgan fingerprint density at radius 1 is 0.903 bits per heavy atom. The number of fused-ring (bicyclic) bond motifs is 5. The number of alkyl halides is 3. The summed E-state index contributed by atoms with van der Waals surface area (Å²) >= 11 is 0. The van der Waals surface area contributed by atoms with E-state index in [-0.39, 0.29) is 35.4 Å². The van der Waals surface area contributed by atoms with Crippen LogP contribution in [0, 0.1) is 22.9 Å². The number of carboxylic acids is 1. The first kappa shape index (κ1) is 49.7. The molecular weight excluding hydrogens is 955 g/mol. The Morgan fingerprint density at radius 3 is 2.24 bits per heavy atom. The molecule has 0 unspecified atom stereocenters. The van der Waals surface area contributed by atoms with E-state index in [9.17, 15) is 50.6 Å². The summed E-state index contributed by atoms with van der Waals surface area (Å²) in [7, 11) is 1.71. The average Bonchev–Trinajstić information content (AvgIpc) is 3.92. The highest BCUT2D eigenvalue weighted by Gasteiger charge is 2.50. The van der Waals surface area contributed by atoms with Crippen LogP contribution in [0.2, 0.25) is 0 Å². The number of carbonyl (C=O) groups is 4. The smallest absolute Gasteiger partial charge is 0.490 e. The average molecular weight is 1000 g/mol. The third kappa shape index (κ3) is 9.72. The number of aliphatic carboxylic acids is 1. The number of hydrogen-bond acceptors (Lipinski definition) is 11. The van der Waals surface area contributed by atoms with Crippen molar-refractivity contribution >= 4 is 46.1 Å². The molecule has 3 amide bonds. The van der Waals surface area contributed by atoms with E-state index in [1.54, 1.807) is 11.6 Å². The molecule has 6 heterocycles. The van der Waals surface area contributed by atoms with E-state index >= 15 is 0 Å². The summed E-state index contributed by atoms with van der Waals surface area (Å²) in [5, 5.41) is 21.5. The normalized spacial score (nSPS) is 21.4. The number of aromatic hydroxyl groups is 1. The lowest BCUT2D eigenvalue weighted by molar-refractivity contribution is -0.192. The van der Waals surface area contributed by atoms with Gasteiger partial charge in [-0.2, -0.15) is 17.6 Å². The molecule has 5 aliphatic rings. The number of piperazine rings is 1. The van der Waals surface area contributed by atoms with Gasteiger partial charge in [-0.15, -0.1) is 0 Å². The number of nitrogens with one attached hydrogen (secondary N) is 2. The molecule has 5 fully saturated rings. The highest BCUT2D eigenvalue weighted by Crippen LogP contribution is 2.57. The maximum atomic E-state index is 14.3. The van der Waals surface area contributed by atoms with Gasteiger partial charge in [0.15, 0.2) is 23.2 Å². The minimum absolute atomic E-state index is 0.108. The Hall–Kier alpha value is -7.30. The van der Waals surface area contributed by atoms with Crippen LogP contribution in [0.25, 0.3) is 28.1 Å². The quantitative estimate of drug-likeness (QED) is 0.0674. The molecule has 2 aromatic carbocycles. The number of amides is 3. The second-order valence-corrected chi connectivity index (χ2v) is 19.2. The van der Waals surface area contributed by atoms with Crippen LogP contribution in [0.3, 0.4) is 0 Å². The number of phenolic OH excluding ortho intramolecular Hbond substituents is 1. The number of halogens is 6. The first-order valence-corrected chi connectivity index (χ1v) is 23.5. The van der Waals surface area contributed by atoms with Crippen molar-refractivity contribution in [2.45, 2.75) is 81.8 Å². The first-order valence-electron chi connectivity index (χ1n) is 23.5. The summed E-state index contributed by atoms with van der Waals surface area (Å²) in [6.45, 7) is 4.73. The number of aryl methyl sites for hydroxylation is 2. The Morgan fingerprint density at radius 2 is 1.58 bits per heavy atom. The van der Waals surface area contributed by atoms with E-state index in [2.05, 4.69) is 26.6 Å². The van der Waals surface area contributed by atoms with Crippen molar-refractivity contribution in [3.8, 4) is 17.1 Å². The molecule has 11 rings (SSSR count). The van der Waals surface area contributed by atoms with Gasteiger partial charge in [0.05, 0.1) is 40.4 Å². The zero-order valence-electron chi connectivity index (χ0n) is 38.9. The highest BCUT2D eigenvalue weighted by atomic mass is 19.4. The Bertz CT molecular complexity index is 3140. The monoisotopic (exact) mass is 1000 g/mol. The van der Waals surface area contributed by atoms with Gasteiger partial charge in [0, 0.05) is 69.6 Å². The van der Waals surface area contributed by atoms with Crippen molar-refractivity contribution in [2.24, 2.45) is 12.5 Å². The van der Waals surface area contributed by atoms with Crippen LogP contribution in [-0.2, 0) is 33.3 Å². The molecule has 2 saturated heterocycles. The van der Waals surface area contributed by atoms with Crippen molar-refractivity contribution in [1.82, 2.24) is 44.0 Å². The number of carbonyl (C=O) groups excluding carboxylic acids is 3. The molecule has 4 N–H and O–H groups in total. The van der Waals surface area contributed by atoms with Crippen LogP contribution < -0.4 is 21.2 Å². The zero-order chi connectivity index (χ0) is 51.3. The number of aromatic nitrogens is 6. The van der Waals surface area contributed by atoms with Crippen molar-refractivity contribution in [3.05, 3.63) is 106 Å². The molecule has 2 bridgehead atoms. The number of imide groups is 1. The lowest BCUT2D eigenvalue weighted by Gasteiger charge is -2.53. The third-order valence-electron chi connectivity index (χ3n) is 14.9. The van der Waals surface area contributed by atoms with Crippen LogP contribution in [0.15, 0.2) is 66.0 Å². The fraction of sp³-hybridized carbons (Fsp3) is 0.429. The van der Waals surface area contributed by atoms with Gasteiger partial charge in [-0.25, -0.2) is 33.3 Å². The van der Waals surface area contributed by atoms with Gasteiger partial charge >= 0.3 is 17.8 Å². The molecule has 23 heteroatoms. The highest BCUT2D eigenvalue weighted by molar-refractivity contribution is 6.00. The molecule has 6 aromatic rings. The number of hydrogen-bond donors (Lipinski definition) is 4. The van der Waals surface area contributed by atoms with Gasteiger partial charge in [-0.05, 0) is 106 Å². The largest absolute Gasteiger partial charge is 0.503 e. The fourth-order valence-electron chi connectivity index (χ4n) is 10.6. The van der Waals surface area contributed by atoms with Crippen LogP contribution >= 0.6 is 0 Å². The summed E-state index contributed by atoms with van der Waals surface area (Å²) in [5.74, 6) is -10.00. The number of anilines is 1. The van der Waals surface area contributed by atoms with Crippen molar-refractivity contribution < 1.29 is 55.7 Å². The van der Waals surface area contributed by atoms with Crippen molar-refractivity contribution in [1.29, 1.82) is 0 Å². The molecule has 3 saturated carbocycles. The molecule has 380 valence electrons. The number of carboxylic acid groups (broad SMARTS) is 1. The fourth-order valence-corrected chi connectivity index (χ4v) is 10.6. The summed E-state index contributed by atoms with van der Waals surface area (Å²) in [6.07, 6.45) is 10.1. The van der Waals surface area contributed by atoms with E-state index in [0.29, 0.717) is 23.8 Å². The molecular formula is C49H50F6N10O7. The maximum Gasteiger partial charge on any atom is 0.490 e. The molecule has 3 aliphatic carbocycles. The van der Waals surface area contributed by atoms with E-state index in [4.69, 9.17) is 24.9 Å². The maximum absolute atomic E-state index is 14.3. The Kier molecular flexibility index (Phi) is 13.4. The van der Waals surface area contributed by atoms with Gasteiger partial charge < -0.3 is 24.8 Å². The molecule has 0 radical (unpaired) electrons. The van der Waals surface area contributed by atoms with Gasteiger partial charge in [0.1, 0.15) is 11.7 Å². The van der Waals surface area contributed by atoms with E-state index in [1.165, 1.54) is 4.57 Å². The SMILES string of the molecule is Cn1c(=O)n([C@@H]2CCC(=O)NC2=O)c2ccc(CCCN3CCN(c4cnc(-c5ccn6cc(C78CCC(CNC(=O)c9cc(F)c(O)c(F)c9F)(CC7)CC8)nc6c5)nc4)CC3)cc21.O=C(O)C(F)(F)F. The summed E-state index contributed by atoms with van der Waals surface area (Å²) < 4.78 is 78.9. The lowest BCUT2D eigenvalue weighted by Crippen LogP contribution is -2.49. The number of benzene rings is 2. The van der Waals surface area contributed by atoms with E-state index in [0.717, 1.165) is 118 Å². The molecule has 17 nitrogen and oxygen atoms in total. The van der Waals surface area contributed by atoms with Crippen LogP contribution in [-0.4, -0.2) is 113 Å². The number of nitrogens with zero attached hydrogens (tertiary/aromatic N) is 8. The molecule has 72 heavy (non-hydrogen) atoms. The van der Waals surface area contributed by atoms with E-state index in [1.807, 2.05) is 53.3 Å². The molecule has 2 aliphatic heterocycles. The summed E-state index contributed by atoms with van der Waals surface area (Å²) in [5.41, 5.74) is 4.90. The number of imidazole rings is 2. The van der Waals surface area contributed by atoms with Gasteiger partial charge in [0.25, 0.3) is 5.91 Å². The predicted molar refractivity (Wildman–Crippen MR) is 248 cm³/mol. The Balaban J connectivity index is 0.000000853. The van der Waals surface area contributed by atoms with Crippen LogP contribution in [0.5, 0.6) is 5.75 Å². The van der Waals surface area contributed by atoms with Crippen molar-refractivity contribution in [3.63, 3.8) is 0 Å².